The molecule has 33 heavy (non-hydrogen) atoms. The molecular formula is C28H41N3O2. The Bertz CT molecular complexity index is 818. The van der Waals surface area contributed by atoms with E-state index in [1.54, 1.807) is 0 Å². The van der Waals surface area contributed by atoms with Gasteiger partial charge in [-0.3, -0.25) is 14.9 Å². The highest BCUT2D eigenvalue weighted by Gasteiger charge is 2.31. The van der Waals surface area contributed by atoms with Crippen molar-refractivity contribution in [2.24, 2.45) is 17.8 Å². The number of hydrogen-bond acceptors (Lipinski definition) is 4. The summed E-state index contributed by atoms with van der Waals surface area (Å²) in [7, 11) is 0. The van der Waals surface area contributed by atoms with Crippen LogP contribution >= 0.6 is 0 Å². The van der Waals surface area contributed by atoms with Gasteiger partial charge in [-0.1, -0.05) is 31.4 Å². The Morgan fingerprint density at radius 3 is 2.21 bits per heavy atom. The number of hydrogen-bond donors (Lipinski definition) is 1. The van der Waals surface area contributed by atoms with Gasteiger partial charge < -0.3 is 9.80 Å². The lowest BCUT2D eigenvalue weighted by atomic mass is 9.78. The predicted octanol–water partition coefficient (Wildman–Crippen LogP) is 4.72. The maximum atomic E-state index is 12.3. The van der Waals surface area contributed by atoms with Gasteiger partial charge in [-0.05, 0) is 93.5 Å². The van der Waals surface area contributed by atoms with Gasteiger partial charge in [0.25, 0.3) is 0 Å². The molecule has 4 fully saturated rings. The Kier molecular flexibility index (Phi) is 7.34. The van der Waals surface area contributed by atoms with Gasteiger partial charge in [0.2, 0.25) is 11.8 Å². The van der Waals surface area contributed by atoms with Crippen molar-refractivity contribution >= 4 is 17.5 Å². The summed E-state index contributed by atoms with van der Waals surface area (Å²) in [6.45, 7) is 6.22. The second-order valence-electron chi connectivity index (χ2n) is 11.1. The van der Waals surface area contributed by atoms with Gasteiger partial charge in [0.1, 0.15) is 0 Å². The molecule has 3 saturated heterocycles. The van der Waals surface area contributed by atoms with Crippen LogP contribution in [0.2, 0.25) is 0 Å². The van der Waals surface area contributed by atoms with Crippen LogP contribution in [0.25, 0.3) is 0 Å². The molecule has 1 aliphatic carbocycles. The number of amides is 2. The zero-order valence-corrected chi connectivity index (χ0v) is 20.1. The Morgan fingerprint density at radius 1 is 0.818 bits per heavy atom. The molecule has 5 nitrogen and oxygen atoms in total. The number of nitrogens with one attached hydrogen (secondary N) is 1. The third-order valence-corrected chi connectivity index (χ3v) is 8.96. The first-order valence-electron chi connectivity index (χ1n) is 13.6. The number of imide groups is 1. The number of anilines is 1. The van der Waals surface area contributed by atoms with Crippen LogP contribution in [0, 0.1) is 17.8 Å². The Hall–Kier alpha value is -1.88. The summed E-state index contributed by atoms with van der Waals surface area (Å²) in [6, 6.07) is 8.48. The molecule has 1 saturated carbocycles. The molecule has 3 heterocycles. The summed E-state index contributed by atoms with van der Waals surface area (Å²) in [5, 5.41) is 2.50. The molecule has 2 amide bonds. The van der Waals surface area contributed by atoms with Crippen molar-refractivity contribution in [3.05, 3.63) is 29.8 Å². The maximum absolute atomic E-state index is 12.3. The molecule has 3 aliphatic heterocycles. The van der Waals surface area contributed by atoms with Crippen molar-refractivity contribution in [1.29, 1.82) is 0 Å². The van der Waals surface area contributed by atoms with Crippen LogP contribution in [-0.4, -0.2) is 49.4 Å². The first-order chi connectivity index (χ1) is 16.2. The van der Waals surface area contributed by atoms with Crippen LogP contribution in [0.5, 0.6) is 0 Å². The number of carbonyl (C=O) groups excluding carboxylic acids is 2. The minimum absolute atomic E-state index is 0.142. The summed E-state index contributed by atoms with van der Waals surface area (Å²) in [4.78, 5) is 29.1. The van der Waals surface area contributed by atoms with Crippen molar-refractivity contribution in [3.8, 4) is 0 Å². The normalized spacial score (nSPS) is 27.0. The third kappa shape index (κ3) is 5.62. The van der Waals surface area contributed by atoms with E-state index in [4.69, 9.17) is 0 Å². The maximum Gasteiger partial charge on any atom is 0.234 e. The molecule has 1 aromatic carbocycles. The van der Waals surface area contributed by atoms with Crippen LogP contribution in [0.1, 0.15) is 82.1 Å². The van der Waals surface area contributed by atoms with Gasteiger partial charge in [-0.2, -0.15) is 0 Å². The van der Waals surface area contributed by atoms with Crippen LogP contribution in [-0.2, 0) is 9.59 Å². The SMILES string of the molecule is O=C1CCC(c2cccc(N3CCC(C4CCN(CC5CCCCC5)CC4)CC3)c2)C(=O)N1. The Morgan fingerprint density at radius 2 is 1.52 bits per heavy atom. The number of piperidine rings is 3. The molecule has 0 bridgehead atoms. The van der Waals surface area contributed by atoms with E-state index >= 15 is 0 Å². The number of carbonyl (C=O) groups is 2. The zero-order valence-electron chi connectivity index (χ0n) is 20.1. The second kappa shape index (κ2) is 10.6. The lowest BCUT2D eigenvalue weighted by molar-refractivity contribution is -0.134. The van der Waals surface area contributed by atoms with Crippen molar-refractivity contribution in [1.82, 2.24) is 10.2 Å². The van der Waals surface area contributed by atoms with Gasteiger partial charge in [0.05, 0.1) is 5.92 Å². The zero-order chi connectivity index (χ0) is 22.6. The van der Waals surface area contributed by atoms with E-state index in [0.29, 0.717) is 12.8 Å². The van der Waals surface area contributed by atoms with Gasteiger partial charge in [0.15, 0.2) is 0 Å². The van der Waals surface area contributed by atoms with E-state index in [9.17, 15) is 9.59 Å². The van der Waals surface area contributed by atoms with Crippen LogP contribution < -0.4 is 10.2 Å². The predicted molar refractivity (Wildman–Crippen MR) is 132 cm³/mol. The molecule has 1 unspecified atom stereocenters. The minimum atomic E-state index is -0.195. The van der Waals surface area contributed by atoms with Crippen molar-refractivity contribution in [2.45, 2.75) is 76.5 Å². The fourth-order valence-electron chi connectivity index (χ4n) is 6.92. The Balaban J connectivity index is 1.10. The summed E-state index contributed by atoms with van der Waals surface area (Å²) >= 11 is 0. The minimum Gasteiger partial charge on any atom is -0.372 e. The fraction of sp³-hybridized carbons (Fsp3) is 0.714. The average Bonchev–Trinajstić information content (AvgIpc) is 2.85. The van der Waals surface area contributed by atoms with E-state index in [-0.39, 0.29) is 17.7 Å². The summed E-state index contributed by atoms with van der Waals surface area (Å²) in [5.74, 6) is 2.26. The smallest absolute Gasteiger partial charge is 0.234 e. The lowest BCUT2D eigenvalue weighted by Gasteiger charge is -2.41. The number of likely N-dealkylation sites (tertiary alicyclic amines) is 1. The molecule has 0 radical (unpaired) electrons. The van der Waals surface area contributed by atoms with Crippen LogP contribution in [0.15, 0.2) is 24.3 Å². The summed E-state index contributed by atoms with van der Waals surface area (Å²) < 4.78 is 0. The quantitative estimate of drug-likeness (QED) is 0.659. The number of benzene rings is 1. The highest BCUT2D eigenvalue weighted by Crippen LogP contribution is 2.36. The molecule has 5 heteroatoms. The molecular weight excluding hydrogens is 410 g/mol. The molecule has 0 aromatic heterocycles. The van der Waals surface area contributed by atoms with Gasteiger partial charge in [0, 0.05) is 31.7 Å². The van der Waals surface area contributed by atoms with Gasteiger partial charge in [-0.15, -0.1) is 0 Å². The molecule has 5 rings (SSSR count). The lowest BCUT2D eigenvalue weighted by Crippen LogP contribution is -2.42. The highest BCUT2D eigenvalue weighted by atomic mass is 16.2. The molecule has 0 spiro atoms. The van der Waals surface area contributed by atoms with Crippen LogP contribution in [0.4, 0.5) is 5.69 Å². The first-order valence-corrected chi connectivity index (χ1v) is 13.6. The Labute approximate surface area is 199 Å². The molecule has 1 atom stereocenters. The topological polar surface area (TPSA) is 52.7 Å². The molecule has 4 aliphatic rings. The van der Waals surface area contributed by atoms with Gasteiger partial charge in [-0.25, -0.2) is 0 Å². The van der Waals surface area contributed by atoms with E-state index in [2.05, 4.69) is 33.3 Å². The van der Waals surface area contributed by atoms with E-state index in [1.165, 1.54) is 83.1 Å². The summed E-state index contributed by atoms with van der Waals surface area (Å²) in [5.41, 5.74) is 2.28. The van der Waals surface area contributed by atoms with Crippen molar-refractivity contribution < 1.29 is 9.59 Å². The fourth-order valence-corrected chi connectivity index (χ4v) is 6.92. The first kappa shape index (κ1) is 22.9. The van der Waals surface area contributed by atoms with Crippen LogP contribution in [0.3, 0.4) is 0 Å². The number of rotatable bonds is 5. The standard InChI is InChI=1S/C28H41N3O2/c32-27-10-9-26(28(33)29-27)24-7-4-8-25(19-24)31-17-13-23(14-18-31)22-11-15-30(16-12-22)20-21-5-2-1-3-6-21/h4,7-8,19,21-23,26H,1-3,5-6,9-18,20H2,(H,29,32,33). The monoisotopic (exact) mass is 451 g/mol. The average molecular weight is 452 g/mol. The van der Waals surface area contributed by atoms with Crippen molar-refractivity contribution in [3.63, 3.8) is 0 Å². The summed E-state index contributed by atoms with van der Waals surface area (Å²) in [6.07, 6.45) is 13.7. The number of nitrogens with zero attached hydrogens (tertiary/aromatic N) is 2. The third-order valence-electron chi connectivity index (χ3n) is 8.96. The van der Waals surface area contributed by atoms with E-state index in [1.807, 2.05) is 6.07 Å². The molecule has 180 valence electrons. The molecule has 1 N–H and O–H groups in total. The van der Waals surface area contributed by atoms with Crippen molar-refractivity contribution in [2.75, 3.05) is 37.6 Å². The van der Waals surface area contributed by atoms with E-state index in [0.717, 1.165) is 36.4 Å². The largest absolute Gasteiger partial charge is 0.372 e. The van der Waals surface area contributed by atoms with E-state index < -0.39 is 0 Å². The molecule has 1 aromatic rings. The van der Waals surface area contributed by atoms with Gasteiger partial charge >= 0.3 is 0 Å². The highest BCUT2D eigenvalue weighted by molar-refractivity contribution is 6.01. The second-order valence-corrected chi connectivity index (χ2v) is 11.1.